The molecule has 0 saturated carbocycles. The van der Waals surface area contributed by atoms with Gasteiger partial charge >= 0.3 is 6.03 Å². The van der Waals surface area contributed by atoms with E-state index in [0.717, 1.165) is 11.1 Å². The first-order valence-corrected chi connectivity index (χ1v) is 9.35. The van der Waals surface area contributed by atoms with E-state index in [2.05, 4.69) is 17.4 Å². The van der Waals surface area contributed by atoms with Crippen LogP contribution in [0.2, 0.25) is 0 Å². The van der Waals surface area contributed by atoms with Gasteiger partial charge in [0, 0.05) is 37.3 Å². The molecule has 0 atom stereocenters. The summed E-state index contributed by atoms with van der Waals surface area (Å²) in [5.41, 5.74) is 2.65. The summed E-state index contributed by atoms with van der Waals surface area (Å²) in [6.45, 7) is 8.09. The molecule has 1 fully saturated rings. The van der Waals surface area contributed by atoms with Gasteiger partial charge in [0.15, 0.2) is 0 Å². The molecule has 142 valence electrons. The molecule has 1 aliphatic rings. The Morgan fingerprint density at radius 3 is 1.85 bits per heavy atom. The highest BCUT2D eigenvalue weighted by Crippen LogP contribution is 2.20. The molecule has 1 aliphatic heterocycles. The Morgan fingerprint density at radius 1 is 0.778 bits per heavy atom. The third kappa shape index (κ3) is 4.88. The summed E-state index contributed by atoms with van der Waals surface area (Å²) in [4.78, 5) is 28.6. The largest absolute Gasteiger partial charge is 0.335 e. The fourth-order valence-electron chi connectivity index (χ4n) is 3.13. The summed E-state index contributed by atoms with van der Waals surface area (Å²) >= 11 is 0. The molecule has 2 aromatic carbocycles. The maximum Gasteiger partial charge on any atom is 0.317 e. The monoisotopic (exact) mass is 365 g/mol. The van der Waals surface area contributed by atoms with E-state index >= 15 is 0 Å². The number of piperazine rings is 1. The number of rotatable bonds is 2. The SMILES string of the molecule is CC(C)(C)NC(=O)N1CCN(C(=O)c2ccc(-c3ccccc3)cc2)CC1. The highest BCUT2D eigenvalue weighted by atomic mass is 16.2. The van der Waals surface area contributed by atoms with Crippen LogP contribution >= 0.6 is 0 Å². The smallest absolute Gasteiger partial charge is 0.317 e. The first-order chi connectivity index (χ1) is 12.8. The van der Waals surface area contributed by atoms with Crippen molar-refractivity contribution in [2.75, 3.05) is 26.2 Å². The van der Waals surface area contributed by atoms with E-state index in [4.69, 9.17) is 0 Å². The quantitative estimate of drug-likeness (QED) is 0.884. The van der Waals surface area contributed by atoms with Gasteiger partial charge in [0.05, 0.1) is 0 Å². The maximum absolute atomic E-state index is 12.8. The second-order valence-corrected chi connectivity index (χ2v) is 7.90. The number of amides is 3. The van der Waals surface area contributed by atoms with E-state index in [1.807, 2.05) is 68.1 Å². The van der Waals surface area contributed by atoms with Crippen molar-refractivity contribution in [3.05, 3.63) is 60.2 Å². The van der Waals surface area contributed by atoms with Gasteiger partial charge in [-0.05, 0) is 44.0 Å². The lowest BCUT2D eigenvalue weighted by Crippen LogP contribution is -2.56. The third-order valence-electron chi connectivity index (χ3n) is 4.58. The highest BCUT2D eigenvalue weighted by Gasteiger charge is 2.26. The average Bonchev–Trinajstić information content (AvgIpc) is 2.67. The van der Waals surface area contributed by atoms with Crippen LogP contribution in [0.4, 0.5) is 4.79 Å². The number of nitrogens with zero attached hydrogens (tertiary/aromatic N) is 2. The Labute approximate surface area is 161 Å². The van der Waals surface area contributed by atoms with Crippen molar-refractivity contribution in [1.82, 2.24) is 15.1 Å². The fourth-order valence-corrected chi connectivity index (χ4v) is 3.13. The van der Waals surface area contributed by atoms with E-state index < -0.39 is 0 Å². The van der Waals surface area contributed by atoms with Crippen molar-refractivity contribution in [2.45, 2.75) is 26.3 Å². The topological polar surface area (TPSA) is 52.7 Å². The van der Waals surface area contributed by atoms with Crippen molar-refractivity contribution in [3.8, 4) is 11.1 Å². The molecular weight excluding hydrogens is 338 g/mol. The summed E-state index contributed by atoms with van der Waals surface area (Å²) in [5, 5.41) is 2.97. The molecule has 0 aromatic heterocycles. The number of urea groups is 1. The van der Waals surface area contributed by atoms with E-state index in [1.165, 1.54) is 0 Å². The molecule has 3 rings (SSSR count). The molecule has 3 amide bonds. The van der Waals surface area contributed by atoms with Crippen molar-refractivity contribution < 1.29 is 9.59 Å². The van der Waals surface area contributed by atoms with Gasteiger partial charge in [-0.2, -0.15) is 0 Å². The lowest BCUT2D eigenvalue weighted by molar-refractivity contribution is 0.0661. The molecule has 0 spiro atoms. The Balaban J connectivity index is 1.59. The van der Waals surface area contributed by atoms with Gasteiger partial charge in [-0.3, -0.25) is 4.79 Å². The predicted molar refractivity (Wildman–Crippen MR) is 108 cm³/mol. The lowest BCUT2D eigenvalue weighted by Gasteiger charge is -2.36. The lowest BCUT2D eigenvalue weighted by atomic mass is 10.0. The van der Waals surface area contributed by atoms with Gasteiger partial charge in [0.2, 0.25) is 0 Å². The minimum absolute atomic E-state index is 0.0190. The number of hydrogen-bond donors (Lipinski definition) is 1. The fraction of sp³-hybridized carbons (Fsp3) is 0.364. The zero-order valence-electron chi connectivity index (χ0n) is 16.2. The summed E-state index contributed by atoms with van der Waals surface area (Å²) in [6.07, 6.45) is 0. The van der Waals surface area contributed by atoms with Gasteiger partial charge < -0.3 is 15.1 Å². The maximum atomic E-state index is 12.8. The molecule has 0 aliphatic carbocycles. The second-order valence-electron chi connectivity index (χ2n) is 7.90. The minimum Gasteiger partial charge on any atom is -0.335 e. The van der Waals surface area contributed by atoms with Crippen LogP contribution in [0.5, 0.6) is 0 Å². The number of carbonyl (C=O) groups excluding carboxylic acids is 2. The summed E-state index contributed by atoms with van der Waals surface area (Å²) in [5.74, 6) is 0.0190. The van der Waals surface area contributed by atoms with Crippen molar-refractivity contribution in [1.29, 1.82) is 0 Å². The van der Waals surface area contributed by atoms with Gasteiger partial charge in [0.1, 0.15) is 0 Å². The standard InChI is InChI=1S/C22H27N3O2/c1-22(2,3)23-21(27)25-15-13-24(14-16-25)20(26)19-11-9-18(10-12-19)17-7-5-4-6-8-17/h4-12H,13-16H2,1-3H3,(H,23,27). The van der Waals surface area contributed by atoms with E-state index in [-0.39, 0.29) is 17.5 Å². The van der Waals surface area contributed by atoms with Crippen molar-refractivity contribution in [2.24, 2.45) is 0 Å². The Hall–Kier alpha value is -2.82. The van der Waals surface area contributed by atoms with Gasteiger partial charge in [-0.1, -0.05) is 42.5 Å². The van der Waals surface area contributed by atoms with Crippen molar-refractivity contribution in [3.63, 3.8) is 0 Å². The van der Waals surface area contributed by atoms with E-state index in [0.29, 0.717) is 31.7 Å². The molecule has 0 unspecified atom stereocenters. The molecule has 1 heterocycles. The second kappa shape index (κ2) is 7.82. The summed E-state index contributed by atoms with van der Waals surface area (Å²) in [6, 6.07) is 17.8. The third-order valence-corrected chi connectivity index (χ3v) is 4.58. The van der Waals surface area contributed by atoms with E-state index in [9.17, 15) is 9.59 Å². The molecular formula is C22H27N3O2. The van der Waals surface area contributed by atoms with Crippen LogP contribution in [0, 0.1) is 0 Å². The van der Waals surface area contributed by atoms with Crippen molar-refractivity contribution >= 4 is 11.9 Å². The zero-order valence-corrected chi connectivity index (χ0v) is 16.2. The summed E-state index contributed by atoms with van der Waals surface area (Å²) in [7, 11) is 0. The normalized spacial score (nSPS) is 14.8. The number of nitrogens with one attached hydrogen (secondary N) is 1. The first kappa shape index (κ1) is 19.0. The molecule has 1 saturated heterocycles. The zero-order chi connectivity index (χ0) is 19.4. The average molecular weight is 365 g/mol. The molecule has 2 aromatic rings. The van der Waals surface area contributed by atoms with Crippen LogP contribution in [0.15, 0.2) is 54.6 Å². The van der Waals surface area contributed by atoms with Crippen LogP contribution in [-0.2, 0) is 0 Å². The number of benzene rings is 2. The molecule has 0 bridgehead atoms. The molecule has 0 radical (unpaired) electrons. The van der Waals surface area contributed by atoms with Gasteiger partial charge in [0.25, 0.3) is 5.91 Å². The molecule has 5 nitrogen and oxygen atoms in total. The Morgan fingerprint density at radius 2 is 1.30 bits per heavy atom. The highest BCUT2D eigenvalue weighted by molar-refractivity contribution is 5.95. The molecule has 1 N–H and O–H groups in total. The summed E-state index contributed by atoms with van der Waals surface area (Å²) < 4.78 is 0. The number of carbonyl (C=O) groups is 2. The number of hydrogen-bond acceptors (Lipinski definition) is 2. The van der Waals surface area contributed by atoms with Crippen LogP contribution in [0.25, 0.3) is 11.1 Å². The van der Waals surface area contributed by atoms with Crippen LogP contribution in [0.1, 0.15) is 31.1 Å². The minimum atomic E-state index is -0.259. The van der Waals surface area contributed by atoms with Gasteiger partial charge in [-0.15, -0.1) is 0 Å². The molecule has 27 heavy (non-hydrogen) atoms. The van der Waals surface area contributed by atoms with Crippen LogP contribution in [-0.4, -0.2) is 53.5 Å². The van der Waals surface area contributed by atoms with E-state index in [1.54, 1.807) is 4.90 Å². The Bertz CT molecular complexity index is 787. The van der Waals surface area contributed by atoms with Gasteiger partial charge in [-0.25, -0.2) is 4.79 Å². The predicted octanol–water partition coefficient (Wildman–Crippen LogP) is 3.62. The van der Waals surface area contributed by atoms with Crippen LogP contribution in [0.3, 0.4) is 0 Å². The molecule has 5 heteroatoms. The Kier molecular flexibility index (Phi) is 5.49. The van der Waals surface area contributed by atoms with Crippen LogP contribution < -0.4 is 5.32 Å². The first-order valence-electron chi connectivity index (χ1n) is 9.35.